The number of hydrogen-bond donors (Lipinski definition) is 1. The van der Waals surface area contributed by atoms with Crippen LogP contribution in [-0.2, 0) is 6.54 Å². The zero-order valence-corrected chi connectivity index (χ0v) is 11.5. The number of rotatable bonds is 6. The summed E-state index contributed by atoms with van der Waals surface area (Å²) in [4.78, 5) is 7.00. The molecule has 18 heavy (non-hydrogen) atoms. The molecular weight excluding hydrogens is 224 g/mol. The third-order valence-corrected chi connectivity index (χ3v) is 3.13. The van der Waals surface area contributed by atoms with Gasteiger partial charge in [-0.1, -0.05) is 6.07 Å². The van der Waals surface area contributed by atoms with Crippen LogP contribution in [0.1, 0.15) is 17.7 Å². The Labute approximate surface area is 109 Å². The highest BCUT2D eigenvalue weighted by atomic mass is 15.1. The van der Waals surface area contributed by atoms with Crippen molar-refractivity contribution >= 4 is 5.65 Å². The Hall–Kier alpha value is -1.39. The number of pyridine rings is 1. The summed E-state index contributed by atoms with van der Waals surface area (Å²) in [5, 5.41) is 3.17. The molecule has 0 fully saturated rings. The number of nitrogens with one attached hydrogen (secondary N) is 1. The summed E-state index contributed by atoms with van der Waals surface area (Å²) in [6.45, 7) is 5.16. The van der Waals surface area contributed by atoms with Crippen molar-refractivity contribution in [2.75, 3.05) is 27.2 Å². The van der Waals surface area contributed by atoms with E-state index in [1.807, 2.05) is 7.05 Å². The first-order valence-corrected chi connectivity index (χ1v) is 6.47. The van der Waals surface area contributed by atoms with Crippen molar-refractivity contribution < 1.29 is 0 Å². The number of aryl methyl sites for hydroxylation is 1. The van der Waals surface area contributed by atoms with Gasteiger partial charge in [-0.3, -0.25) is 0 Å². The molecule has 0 bridgehead atoms. The maximum absolute atomic E-state index is 4.69. The Morgan fingerprint density at radius 1 is 1.44 bits per heavy atom. The van der Waals surface area contributed by atoms with E-state index in [1.54, 1.807) is 0 Å². The van der Waals surface area contributed by atoms with Crippen molar-refractivity contribution in [3.05, 3.63) is 35.8 Å². The second kappa shape index (κ2) is 5.98. The number of aromatic nitrogens is 2. The number of hydrogen-bond acceptors (Lipinski definition) is 3. The topological polar surface area (TPSA) is 32.6 Å². The maximum atomic E-state index is 4.69. The largest absolute Gasteiger partial charge is 0.320 e. The summed E-state index contributed by atoms with van der Waals surface area (Å²) in [6.07, 6.45) is 5.34. The smallest absolute Gasteiger partial charge is 0.139 e. The summed E-state index contributed by atoms with van der Waals surface area (Å²) < 4.78 is 2.10. The molecule has 0 saturated heterocycles. The fraction of sp³-hybridized carbons (Fsp3) is 0.500. The molecule has 0 aliphatic rings. The van der Waals surface area contributed by atoms with Gasteiger partial charge >= 0.3 is 0 Å². The molecule has 1 N–H and O–H groups in total. The van der Waals surface area contributed by atoms with E-state index in [-0.39, 0.29) is 0 Å². The average Bonchev–Trinajstić information content (AvgIpc) is 2.73. The maximum Gasteiger partial charge on any atom is 0.139 e. The summed E-state index contributed by atoms with van der Waals surface area (Å²) >= 11 is 0. The van der Waals surface area contributed by atoms with Crippen molar-refractivity contribution in [3.8, 4) is 0 Å². The minimum absolute atomic E-state index is 0.908. The standard InChI is InChI=1S/C14H22N4/c1-12-6-4-9-18-11-13(16-14(12)18)10-17(3)8-5-7-15-2/h4,6,9,11,15H,5,7-8,10H2,1-3H3. The van der Waals surface area contributed by atoms with Crippen LogP contribution in [0.15, 0.2) is 24.5 Å². The lowest BCUT2D eigenvalue weighted by Gasteiger charge is -2.14. The Morgan fingerprint density at radius 3 is 3.00 bits per heavy atom. The van der Waals surface area contributed by atoms with E-state index in [0.717, 1.165) is 31.0 Å². The van der Waals surface area contributed by atoms with Gasteiger partial charge in [0.15, 0.2) is 0 Å². The van der Waals surface area contributed by atoms with Crippen LogP contribution in [0.5, 0.6) is 0 Å². The SMILES string of the molecule is CNCCCN(C)Cc1cn2cccc(C)c2n1. The highest BCUT2D eigenvalue weighted by molar-refractivity contribution is 5.47. The lowest BCUT2D eigenvalue weighted by Crippen LogP contribution is -2.22. The first kappa shape index (κ1) is 13.1. The van der Waals surface area contributed by atoms with Crippen LogP contribution in [-0.4, -0.2) is 41.5 Å². The lowest BCUT2D eigenvalue weighted by atomic mass is 10.3. The second-order valence-electron chi connectivity index (χ2n) is 4.85. The highest BCUT2D eigenvalue weighted by Gasteiger charge is 2.06. The van der Waals surface area contributed by atoms with Crippen molar-refractivity contribution in [3.63, 3.8) is 0 Å². The minimum atomic E-state index is 0.908. The third-order valence-electron chi connectivity index (χ3n) is 3.13. The van der Waals surface area contributed by atoms with Gasteiger partial charge < -0.3 is 14.6 Å². The molecule has 4 heteroatoms. The molecule has 98 valence electrons. The molecular formula is C14H22N4. The molecule has 0 saturated carbocycles. The summed E-state index contributed by atoms with van der Waals surface area (Å²) in [5.74, 6) is 0. The predicted octanol–water partition coefficient (Wildman–Crippen LogP) is 1.68. The van der Waals surface area contributed by atoms with Crippen LogP contribution in [0.4, 0.5) is 0 Å². The molecule has 0 aromatic carbocycles. The van der Waals surface area contributed by atoms with Gasteiger partial charge in [-0.2, -0.15) is 0 Å². The molecule has 0 amide bonds. The van der Waals surface area contributed by atoms with Crippen molar-refractivity contribution in [2.24, 2.45) is 0 Å². The third kappa shape index (κ3) is 3.09. The predicted molar refractivity (Wildman–Crippen MR) is 74.8 cm³/mol. The molecule has 2 aromatic rings. The van der Waals surface area contributed by atoms with E-state index in [0.29, 0.717) is 0 Å². The Kier molecular flexibility index (Phi) is 4.33. The Morgan fingerprint density at radius 2 is 2.28 bits per heavy atom. The fourth-order valence-electron chi connectivity index (χ4n) is 2.16. The van der Waals surface area contributed by atoms with E-state index < -0.39 is 0 Å². The van der Waals surface area contributed by atoms with E-state index in [2.05, 4.69) is 58.1 Å². The lowest BCUT2D eigenvalue weighted by molar-refractivity contribution is 0.318. The van der Waals surface area contributed by atoms with E-state index in [4.69, 9.17) is 0 Å². The van der Waals surface area contributed by atoms with Crippen molar-refractivity contribution in [2.45, 2.75) is 19.9 Å². The summed E-state index contributed by atoms with van der Waals surface area (Å²) in [7, 11) is 4.14. The number of fused-ring (bicyclic) bond motifs is 1. The van der Waals surface area contributed by atoms with Crippen molar-refractivity contribution in [1.82, 2.24) is 19.6 Å². The van der Waals surface area contributed by atoms with Crippen LogP contribution in [0.2, 0.25) is 0 Å². The molecule has 0 aliphatic carbocycles. The van der Waals surface area contributed by atoms with Gasteiger partial charge in [0.05, 0.1) is 5.69 Å². The van der Waals surface area contributed by atoms with E-state index in [1.165, 1.54) is 12.0 Å². The van der Waals surface area contributed by atoms with Gasteiger partial charge in [-0.15, -0.1) is 0 Å². The molecule has 0 spiro atoms. The molecule has 2 aromatic heterocycles. The Balaban J connectivity index is 2.01. The quantitative estimate of drug-likeness (QED) is 0.787. The average molecular weight is 246 g/mol. The molecule has 4 nitrogen and oxygen atoms in total. The van der Waals surface area contributed by atoms with Gasteiger partial charge in [-0.05, 0) is 52.2 Å². The van der Waals surface area contributed by atoms with Gasteiger partial charge in [0.2, 0.25) is 0 Å². The summed E-state index contributed by atoms with van der Waals surface area (Å²) in [6, 6.07) is 4.16. The van der Waals surface area contributed by atoms with E-state index >= 15 is 0 Å². The molecule has 0 unspecified atom stereocenters. The van der Waals surface area contributed by atoms with Gasteiger partial charge in [0.25, 0.3) is 0 Å². The fourth-order valence-corrected chi connectivity index (χ4v) is 2.16. The van der Waals surface area contributed by atoms with Crippen LogP contribution < -0.4 is 5.32 Å². The normalized spacial score (nSPS) is 11.6. The number of imidazole rings is 1. The Bertz CT molecular complexity index is 503. The number of nitrogens with zero attached hydrogens (tertiary/aromatic N) is 3. The van der Waals surface area contributed by atoms with Gasteiger partial charge in [-0.25, -0.2) is 4.98 Å². The van der Waals surface area contributed by atoms with Gasteiger partial charge in [0, 0.05) is 18.9 Å². The molecule has 2 heterocycles. The summed E-state index contributed by atoms with van der Waals surface area (Å²) in [5.41, 5.74) is 3.42. The van der Waals surface area contributed by atoms with E-state index in [9.17, 15) is 0 Å². The second-order valence-corrected chi connectivity index (χ2v) is 4.85. The monoisotopic (exact) mass is 246 g/mol. The molecule has 0 aliphatic heterocycles. The van der Waals surface area contributed by atoms with Crippen LogP contribution in [0.3, 0.4) is 0 Å². The molecule has 2 rings (SSSR count). The van der Waals surface area contributed by atoms with Crippen LogP contribution in [0.25, 0.3) is 5.65 Å². The first-order valence-electron chi connectivity index (χ1n) is 6.47. The highest BCUT2D eigenvalue weighted by Crippen LogP contribution is 2.11. The van der Waals surface area contributed by atoms with Crippen LogP contribution >= 0.6 is 0 Å². The zero-order valence-electron chi connectivity index (χ0n) is 11.5. The first-order chi connectivity index (χ1) is 8.70. The zero-order chi connectivity index (χ0) is 13.0. The van der Waals surface area contributed by atoms with Gasteiger partial charge in [0.1, 0.15) is 5.65 Å². The van der Waals surface area contributed by atoms with Crippen molar-refractivity contribution in [1.29, 1.82) is 0 Å². The van der Waals surface area contributed by atoms with Crippen LogP contribution in [0, 0.1) is 6.92 Å². The minimum Gasteiger partial charge on any atom is -0.320 e. The molecule has 0 atom stereocenters. The molecule has 0 radical (unpaired) electrons.